The number of hydrogen-bond donors (Lipinski definition) is 1. The molecular formula is C16H21F3N2. The summed E-state index contributed by atoms with van der Waals surface area (Å²) in [6, 6.07) is 1.62. The van der Waals surface area contributed by atoms with Crippen LogP contribution in [0, 0.1) is 23.4 Å². The maximum Gasteiger partial charge on any atom is 0.161 e. The van der Waals surface area contributed by atoms with E-state index in [1.165, 1.54) is 0 Å². The van der Waals surface area contributed by atoms with Crippen LogP contribution in [0.15, 0.2) is 12.1 Å². The highest BCUT2D eigenvalue weighted by molar-refractivity contribution is 5.25. The van der Waals surface area contributed by atoms with Gasteiger partial charge in [-0.3, -0.25) is 4.90 Å². The molecule has 2 aliphatic rings. The van der Waals surface area contributed by atoms with Crippen LogP contribution in [0.25, 0.3) is 0 Å². The van der Waals surface area contributed by atoms with Gasteiger partial charge in [0.2, 0.25) is 0 Å². The monoisotopic (exact) mass is 298 g/mol. The van der Waals surface area contributed by atoms with Crippen LogP contribution in [-0.2, 0) is 0 Å². The number of nitrogens with zero attached hydrogens (tertiary/aromatic N) is 1. The topological polar surface area (TPSA) is 15.3 Å². The van der Waals surface area contributed by atoms with E-state index in [0.717, 1.165) is 57.9 Å². The lowest BCUT2D eigenvalue weighted by atomic mass is 9.89. The largest absolute Gasteiger partial charge is 0.314 e. The Labute approximate surface area is 123 Å². The molecule has 1 saturated carbocycles. The summed E-state index contributed by atoms with van der Waals surface area (Å²) in [6.45, 7) is 3.35. The molecule has 2 nitrogen and oxygen atoms in total. The molecule has 0 bridgehead atoms. The van der Waals surface area contributed by atoms with Gasteiger partial charge in [0.25, 0.3) is 0 Å². The molecule has 3 rings (SSSR count). The van der Waals surface area contributed by atoms with Crippen molar-refractivity contribution >= 4 is 0 Å². The zero-order chi connectivity index (χ0) is 14.8. The molecule has 5 heteroatoms. The van der Waals surface area contributed by atoms with E-state index >= 15 is 0 Å². The fourth-order valence-corrected chi connectivity index (χ4v) is 3.75. The first-order valence-electron chi connectivity index (χ1n) is 7.76. The first kappa shape index (κ1) is 14.9. The van der Waals surface area contributed by atoms with Gasteiger partial charge in [0.15, 0.2) is 11.6 Å². The van der Waals surface area contributed by atoms with Crippen LogP contribution in [0.3, 0.4) is 0 Å². The zero-order valence-corrected chi connectivity index (χ0v) is 12.0. The SMILES string of the molecule is Fc1cc(F)c([C@@H](C2CCCC2)N2CCNCC2)cc1F. The van der Waals surface area contributed by atoms with Gasteiger partial charge >= 0.3 is 0 Å². The molecule has 116 valence electrons. The summed E-state index contributed by atoms with van der Waals surface area (Å²) in [7, 11) is 0. The molecule has 1 atom stereocenters. The first-order chi connectivity index (χ1) is 10.2. The van der Waals surface area contributed by atoms with Gasteiger partial charge in [-0.1, -0.05) is 12.8 Å². The van der Waals surface area contributed by atoms with Crippen LogP contribution in [-0.4, -0.2) is 31.1 Å². The summed E-state index contributed by atoms with van der Waals surface area (Å²) >= 11 is 0. The van der Waals surface area contributed by atoms with Gasteiger partial charge in [-0.25, -0.2) is 13.2 Å². The third-order valence-electron chi connectivity index (χ3n) is 4.75. The van der Waals surface area contributed by atoms with Gasteiger partial charge in [0.1, 0.15) is 5.82 Å². The van der Waals surface area contributed by atoms with E-state index in [0.29, 0.717) is 17.5 Å². The van der Waals surface area contributed by atoms with E-state index in [-0.39, 0.29) is 6.04 Å². The molecule has 0 amide bonds. The molecule has 1 aliphatic heterocycles. The van der Waals surface area contributed by atoms with Crippen molar-refractivity contribution < 1.29 is 13.2 Å². The second kappa shape index (κ2) is 6.36. The number of halogens is 3. The maximum atomic E-state index is 14.2. The summed E-state index contributed by atoms with van der Waals surface area (Å²) in [6.07, 6.45) is 4.34. The molecular weight excluding hydrogens is 277 g/mol. The van der Waals surface area contributed by atoms with Crippen LogP contribution < -0.4 is 5.32 Å². The molecule has 0 aromatic heterocycles. The summed E-state index contributed by atoms with van der Waals surface area (Å²) in [4.78, 5) is 2.22. The highest BCUT2D eigenvalue weighted by Crippen LogP contribution is 2.40. The quantitative estimate of drug-likeness (QED) is 0.862. The van der Waals surface area contributed by atoms with Crippen LogP contribution in [0.4, 0.5) is 13.2 Å². The van der Waals surface area contributed by atoms with Gasteiger partial charge in [-0.15, -0.1) is 0 Å². The van der Waals surface area contributed by atoms with Crippen molar-refractivity contribution in [2.75, 3.05) is 26.2 Å². The Bertz CT molecular complexity index is 495. The van der Waals surface area contributed by atoms with Gasteiger partial charge in [0, 0.05) is 43.9 Å². The average molecular weight is 298 g/mol. The Morgan fingerprint density at radius 3 is 2.24 bits per heavy atom. The normalized spacial score (nSPS) is 22.6. The highest BCUT2D eigenvalue weighted by Gasteiger charge is 2.34. The van der Waals surface area contributed by atoms with Crippen molar-refractivity contribution in [3.05, 3.63) is 35.1 Å². The lowest BCUT2D eigenvalue weighted by Gasteiger charge is -2.38. The number of piperazine rings is 1. The van der Waals surface area contributed by atoms with Crippen molar-refractivity contribution in [2.45, 2.75) is 31.7 Å². The van der Waals surface area contributed by atoms with E-state index in [9.17, 15) is 13.2 Å². The smallest absolute Gasteiger partial charge is 0.161 e. The predicted molar refractivity (Wildman–Crippen MR) is 75.5 cm³/mol. The van der Waals surface area contributed by atoms with Crippen LogP contribution in [0.1, 0.15) is 37.3 Å². The predicted octanol–water partition coefficient (Wildman–Crippen LogP) is 3.24. The highest BCUT2D eigenvalue weighted by atomic mass is 19.2. The number of hydrogen-bond acceptors (Lipinski definition) is 2. The standard InChI is InChI=1S/C16H21F3N2/c17-13-10-15(19)14(18)9-12(13)16(11-3-1-2-4-11)21-7-5-20-6-8-21/h9-11,16,20H,1-8H2/t16-/m1/s1. The molecule has 1 heterocycles. The average Bonchev–Trinajstić information content (AvgIpc) is 3.00. The minimum atomic E-state index is -1.11. The summed E-state index contributed by atoms with van der Waals surface area (Å²) < 4.78 is 41.0. The number of rotatable bonds is 3. The number of benzene rings is 1. The van der Waals surface area contributed by atoms with Crippen molar-refractivity contribution in [2.24, 2.45) is 5.92 Å². The van der Waals surface area contributed by atoms with E-state index in [2.05, 4.69) is 10.2 Å². The second-order valence-corrected chi connectivity index (χ2v) is 6.06. The molecule has 0 radical (unpaired) electrons. The lowest BCUT2D eigenvalue weighted by molar-refractivity contribution is 0.122. The first-order valence-corrected chi connectivity index (χ1v) is 7.76. The molecule has 21 heavy (non-hydrogen) atoms. The van der Waals surface area contributed by atoms with Crippen LogP contribution in [0.2, 0.25) is 0 Å². The molecule has 2 fully saturated rings. The van der Waals surface area contributed by atoms with E-state index in [1.54, 1.807) is 0 Å². The Morgan fingerprint density at radius 1 is 0.952 bits per heavy atom. The fraction of sp³-hybridized carbons (Fsp3) is 0.625. The van der Waals surface area contributed by atoms with Gasteiger partial charge in [-0.05, 0) is 24.8 Å². The van der Waals surface area contributed by atoms with Crippen LogP contribution >= 0.6 is 0 Å². The second-order valence-electron chi connectivity index (χ2n) is 6.06. The van der Waals surface area contributed by atoms with E-state index in [4.69, 9.17) is 0 Å². The van der Waals surface area contributed by atoms with Gasteiger partial charge in [-0.2, -0.15) is 0 Å². The third kappa shape index (κ3) is 3.09. The summed E-state index contributed by atoms with van der Waals surface area (Å²) in [5.41, 5.74) is 0.322. The third-order valence-corrected chi connectivity index (χ3v) is 4.75. The van der Waals surface area contributed by atoms with Crippen molar-refractivity contribution in [1.82, 2.24) is 10.2 Å². The molecule has 1 aromatic carbocycles. The minimum Gasteiger partial charge on any atom is -0.314 e. The fourth-order valence-electron chi connectivity index (χ4n) is 3.75. The Hall–Kier alpha value is -1.07. The lowest BCUT2D eigenvalue weighted by Crippen LogP contribution is -2.47. The summed E-state index contributed by atoms with van der Waals surface area (Å²) in [5, 5.41) is 3.28. The van der Waals surface area contributed by atoms with E-state index in [1.807, 2.05) is 0 Å². The molecule has 1 saturated heterocycles. The van der Waals surface area contributed by atoms with Crippen LogP contribution in [0.5, 0.6) is 0 Å². The summed E-state index contributed by atoms with van der Waals surface area (Å²) in [5.74, 6) is -2.35. The van der Waals surface area contributed by atoms with Crippen molar-refractivity contribution in [3.8, 4) is 0 Å². The van der Waals surface area contributed by atoms with E-state index < -0.39 is 17.5 Å². The Balaban J connectivity index is 1.95. The van der Waals surface area contributed by atoms with Crippen molar-refractivity contribution in [1.29, 1.82) is 0 Å². The maximum absolute atomic E-state index is 14.2. The Morgan fingerprint density at radius 2 is 1.57 bits per heavy atom. The van der Waals surface area contributed by atoms with Gasteiger partial charge < -0.3 is 5.32 Å². The molecule has 1 aromatic rings. The van der Waals surface area contributed by atoms with Gasteiger partial charge in [0.05, 0.1) is 0 Å². The zero-order valence-electron chi connectivity index (χ0n) is 12.0. The molecule has 0 spiro atoms. The molecule has 0 unspecified atom stereocenters. The number of nitrogens with one attached hydrogen (secondary N) is 1. The minimum absolute atomic E-state index is 0.135. The molecule has 1 N–H and O–H groups in total. The van der Waals surface area contributed by atoms with Crippen molar-refractivity contribution in [3.63, 3.8) is 0 Å². The molecule has 1 aliphatic carbocycles. The Kier molecular flexibility index (Phi) is 4.50.